The van der Waals surface area contributed by atoms with Crippen molar-refractivity contribution in [1.29, 1.82) is 0 Å². The second-order valence-electron chi connectivity index (χ2n) is 4.30. The molecule has 8 heteroatoms. The van der Waals surface area contributed by atoms with Gasteiger partial charge in [0.05, 0.1) is 22.1 Å². The topological polar surface area (TPSA) is 86.5 Å². The molecule has 0 saturated carbocycles. The summed E-state index contributed by atoms with van der Waals surface area (Å²) in [6, 6.07) is 2.34. The molecule has 2 N–H and O–H groups in total. The molecule has 0 heterocycles. The van der Waals surface area contributed by atoms with E-state index in [4.69, 9.17) is 21.5 Å². The van der Waals surface area contributed by atoms with E-state index in [1.54, 1.807) is 0 Å². The molecule has 0 unspecified atom stereocenters. The number of primary sulfonamides is 1. The molecule has 0 aliphatic heterocycles. The molecule has 1 aromatic rings. The highest BCUT2D eigenvalue weighted by Gasteiger charge is 2.20. The maximum Gasteiger partial charge on any atom is 0.339 e. The summed E-state index contributed by atoms with van der Waals surface area (Å²) in [5.41, 5.74) is -0.0410. The minimum absolute atomic E-state index is 0.0410. The van der Waals surface area contributed by atoms with Gasteiger partial charge in [0.2, 0.25) is 10.0 Å². The first-order valence-corrected chi connectivity index (χ1v) is 8.03. The minimum atomic E-state index is -3.93. The summed E-state index contributed by atoms with van der Waals surface area (Å²) in [5.74, 6) is -0.530. The number of halogens is 2. The van der Waals surface area contributed by atoms with Crippen LogP contribution in [-0.2, 0) is 14.8 Å². The maximum absolute atomic E-state index is 11.8. The Morgan fingerprint density at radius 3 is 2.53 bits per heavy atom. The molecule has 0 atom stereocenters. The molecular weight excluding hydrogens is 358 g/mol. The fraction of sp³-hybridized carbons (Fsp3) is 0.364. The van der Waals surface area contributed by atoms with Gasteiger partial charge in [0.25, 0.3) is 0 Å². The Morgan fingerprint density at radius 2 is 2.05 bits per heavy atom. The smallest absolute Gasteiger partial charge is 0.339 e. The molecule has 0 aromatic heterocycles. The Hall–Kier alpha value is -0.630. The predicted molar refractivity (Wildman–Crippen MR) is 75.6 cm³/mol. The zero-order valence-electron chi connectivity index (χ0n) is 10.3. The van der Waals surface area contributed by atoms with Gasteiger partial charge in [-0.1, -0.05) is 25.4 Å². The Bertz CT molecular complexity index is 601. The summed E-state index contributed by atoms with van der Waals surface area (Å²) in [6.07, 6.45) is 0. The number of benzene rings is 1. The van der Waals surface area contributed by atoms with Gasteiger partial charge in [0.1, 0.15) is 0 Å². The lowest BCUT2D eigenvalue weighted by atomic mass is 10.2. The van der Waals surface area contributed by atoms with Gasteiger partial charge in [-0.15, -0.1) is 0 Å². The van der Waals surface area contributed by atoms with E-state index in [-0.39, 0.29) is 32.5 Å². The fourth-order valence-electron chi connectivity index (χ4n) is 1.20. The van der Waals surface area contributed by atoms with Crippen molar-refractivity contribution >= 4 is 43.5 Å². The zero-order valence-corrected chi connectivity index (χ0v) is 13.5. The normalized spacial score (nSPS) is 11.7. The molecule has 0 amide bonds. The molecule has 0 spiro atoms. The number of rotatable bonds is 4. The highest BCUT2D eigenvalue weighted by Crippen LogP contribution is 2.30. The molecule has 0 bridgehead atoms. The molecule has 0 radical (unpaired) electrons. The lowest BCUT2D eigenvalue weighted by molar-refractivity contribution is 0.0459. The number of carbonyl (C=O) groups excluding carboxylic acids is 1. The summed E-state index contributed by atoms with van der Waals surface area (Å²) in [7, 11) is -3.93. The van der Waals surface area contributed by atoms with Gasteiger partial charge < -0.3 is 4.74 Å². The van der Waals surface area contributed by atoms with Gasteiger partial charge in [-0.25, -0.2) is 18.4 Å². The quantitative estimate of drug-likeness (QED) is 0.825. The van der Waals surface area contributed by atoms with Gasteiger partial charge in [0, 0.05) is 4.47 Å². The first-order chi connectivity index (χ1) is 8.62. The molecule has 106 valence electrons. The van der Waals surface area contributed by atoms with Gasteiger partial charge >= 0.3 is 5.97 Å². The Labute approximate surface area is 125 Å². The number of ether oxygens (including phenoxy) is 1. The van der Waals surface area contributed by atoms with Crippen LogP contribution in [0.3, 0.4) is 0 Å². The number of carbonyl (C=O) groups is 1. The van der Waals surface area contributed by atoms with E-state index in [1.165, 1.54) is 6.07 Å². The van der Waals surface area contributed by atoms with Crippen LogP contribution in [0.4, 0.5) is 0 Å². The van der Waals surface area contributed by atoms with Crippen molar-refractivity contribution in [2.24, 2.45) is 11.1 Å². The Kier molecular flexibility index (Phi) is 5.37. The van der Waals surface area contributed by atoms with Crippen LogP contribution < -0.4 is 5.14 Å². The van der Waals surface area contributed by atoms with Gasteiger partial charge in [-0.3, -0.25) is 0 Å². The van der Waals surface area contributed by atoms with Crippen LogP contribution in [-0.4, -0.2) is 21.0 Å². The largest absolute Gasteiger partial charge is 0.462 e. The second kappa shape index (κ2) is 6.21. The van der Waals surface area contributed by atoms with Crippen molar-refractivity contribution in [2.75, 3.05) is 6.61 Å². The van der Waals surface area contributed by atoms with E-state index in [2.05, 4.69) is 15.9 Å². The summed E-state index contributed by atoms with van der Waals surface area (Å²) < 4.78 is 27.9. The summed E-state index contributed by atoms with van der Waals surface area (Å²) in [4.78, 5) is 11.6. The van der Waals surface area contributed by atoms with Gasteiger partial charge in [-0.05, 0) is 34.0 Å². The average molecular weight is 371 g/mol. The zero-order chi connectivity index (χ0) is 14.8. The Morgan fingerprint density at radius 1 is 1.47 bits per heavy atom. The fourth-order valence-corrected chi connectivity index (χ4v) is 2.56. The molecule has 0 fully saturated rings. The van der Waals surface area contributed by atoms with Crippen molar-refractivity contribution in [3.8, 4) is 0 Å². The number of esters is 1. The molecule has 0 aliphatic carbocycles. The van der Waals surface area contributed by atoms with E-state index in [9.17, 15) is 13.2 Å². The third-order valence-electron chi connectivity index (χ3n) is 2.10. The number of hydrogen-bond acceptors (Lipinski definition) is 4. The standard InChI is InChI=1S/C11H13BrClNO4S/c1-6(2)5-18-11(15)8-3-7(19(14,16)17)4-9(12)10(8)13/h3-4,6H,5H2,1-2H3,(H2,14,16,17). The monoisotopic (exact) mass is 369 g/mol. The van der Waals surface area contributed by atoms with Crippen LogP contribution in [0.2, 0.25) is 5.02 Å². The van der Waals surface area contributed by atoms with Crippen LogP contribution in [0.5, 0.6) is 0 Å². The maximum atomic E-state index is 11.8. The first-order valence-electron chi connectivity index (χ1n) is 5.32. The van der Waals surface area contributed by atoms with Crippen LogP contribution in [0.1, 0.15) is 24.2 Å². The van der Waals surface area contributed by atoms with Crippen molar-refractivity contribution in [2.45, 2.75) is 18.7 Å². The molecular formula is C11H13BrClNO4S. The van der Waals surface area contributed by atoms with E-state index in [0.717, 1.165) is 6.07 Å². The first kappa shape index (κ1) is 16.4. The number of hydrogen-bond donors (Lipinski definition) is 1. The van der Waals surface area contributed by atoms with Crippen molar-refractivity contribution in [3.05, 3.63) is 27.2 Å². The van der Waals surface area contributed by atoms with Crippen molar-refractivity contribution in [1.82, 2.24) is 0 Å². The average Bonchev–Trinajstić information content (AvgIpc) is 2.27. The lowest BCUT2D eigenvalue weighted by Gasteiger charge is -2.10. The Balaban J connectivity index is 3.20. The van der Waals surface area contributed by atoms with E-state index >= 15 is 0 Å². The predicted octanol–water partition coefficient (Wildman–Crippen LogP) is 2.56. The molecule has 19 heavy (non-hydrogen) atoms. The number of sulfonamides is 1. The highest BCUT2D eigenvalue weighted by atomic mass is 79.9. The molecule has 1 aromatic carbocycles. The third kappa shape index (κ3) is 4.45. The summed E-state index contributed by atoms with van der Waals surface area (Å²) in [6.45, 7) is 3.98. The van der Waals surface area contributed by atoms with Crippen LogP contribution in [0.15, 0.2) is 21.5 Å². The van der Waals surface area contributed by atoms with Crippen LogP contribution in [0, 0.1) is 5.92 Å². The summed E-state index contributed by atoms with van der Waals surface area (Å²) >= 11 is 9.02. The van der Waals surface area contributed by atoms with Gasteiger partial charge in [0.15, 0.2) is 0 Å². The summed E-state index contributed by atoms with van der Waals surface area (Å²) in [5, 5.41) is 5.11. The van der Waals surface area contributed by atoms with Crippen molar-refractivity contribution < 1.29 is 17.9 Å². The molecule has 0 aliphatic rings. The van der Waals surface area contributed by atoms with E-state index in [1.807, 2.05) is 13.8 Å². The van der Waals surface area contributed by atoms with Crippen LogP contribution in [0.25, 0.3) is 0 Å². The third-order valence-corrected chi connectivity index (χ3v) is 4.25. The molecule has 5 nitrogen and oxygen atoms in total. The van der Waals surface area contributed by atoms with Gasteiger partial charge in [-0.2, -0.15) is 0 Å². The van der Waals surface area contributed by atoms with E-state index in [0.29, 0.717) is 0 Å². The minimum Gasteiger partial charge on any atom is -0.462 e. The SMILES string of the molecule is CC(C)COC(=O)c1cc(S(N)(=O)=O)cc(Br)c1Cl. The number of nitrogens with two attached hydrogens (primary N) is 1. The molecule has 1 rings (SSSR count). The second-order valence-corrected chi connectivity index (χ2v) is 7.10. The highest BCUT2D eigenvalue weighted by molar-refractivity contribution is 9.10. The van der Waals surface area contributed by atoms with E-state index < -0.39 is 16.0 Å². The van der Waals surface area contributed by atoms with Crippen molar-refractivity contribution in [3.63, 3.8) is 0 Å². The lowest BCUT2D eigenvalue weighted by Crippen LogP contribution is -2.15. The molecule has 0 saturated heterocycles. The van der Waals surface area contributed by atoms with Crippen LogP contribution >= 0.6 is 27.5 Å².